The molecule has 2 nitrogen and oxygen atoms in total. The Morgan fingerprint density at radius 1 is 0.909 bits per heavy atom. The standard InChI is InChI=1S/C30H41FO2/c1-11-17-33-18-16-29(28(10)32)19-26(8)27(9)30(31)20-25(7)24(6)15-14-23(5)22(4)13-12-21(2)3/h11,14-15,19-22,32H,1,5-10,12-13,16-18H2,2-4H3/b15-14-,29-19-,30-20+. The van der Waals surface area contributed by atoms with Gasteiger partial charge >= 0.3 is 0 Å². The molecule has 0 saturated heterocycles. The van der Waals surface area contributed by atoms with Gasteiger partial charge in [-0.15, -0.1) is 6.58 Å². The molecule has 0 amide bonds. The highest BCUT2D eigenvalue weighted by molar-refractivity contribution is 5.53. The van der Waals surface area contributed by atoms with Gasteiger partial charge in [0.15, 0.2) is 0 Å². The summed E-state index contributed by atoms with van der Waals surface area (Å²) in [7, 11) is 0. The van der Waals surface area contributed by atoms with Crippen molar-refractivity contribution < 1.29 is 14.2 Å². The van der Waals surface area contributed by atoms with Gasteiger partial charge in [-0.25, -0.2) is 4.39 Å². The van der Waals surface area contributed by atoms with Gasteiger partial charge in [-0.1, -0.05) is 90.5 Å². The van der Waals surface area contributed by atoms with Crippen LogP contribution in [0.25, 0.3) is 0 Å². The van der Waals surface area contributed by atoms with Crippen LogP contribution in [0.3, 0.4) is 0 Å². The number of allylic oxidation sites excluding steroid dienone is 11. The second kappa shape index (κ2) is 15.8. The molecule has 0 aliphatic heterocycles. The van der Waals surface area contributed by atoms with Crippen molar-refractivity contribution >= 4 is 0 Å². The fourth-order valence-electron chi connectivity index (χ4n) is 2.68. The summed E-state index contributed by atoms with van der Waals surface area (Å²) < 4.78 is 20.1. The Morgan fingerprint density at radius 3 is 2.09 bits per heavy atom. The number of aliphatic hydroxyl groups excluding tert-OH is 1. The predicted octanol–water partition coefficient (Wildman–Crippen LogP) is 8.84. The largest absolute Gasteiger partial charge is 0.508 e. The fourth-order valence-corrected chi connectivity index (χ4v) is 2.68. The van der Waals surface area contributed by atoms with Gasteiger partial charge in [0.05, 0.1) is 13.2 Å². The Labute approximate surface area is 200 Å². The highest BCUT2D eigenvalue weighted by atomic mass is 19.1. The van der Waals surface area contributed by atoms with E-state index in [1.807, 2.05) is 6.08 Å². The second-order valence-electron chi connectivity index (χ2n) is 8.56. The predicted molar refractivity (Wildman–Crippen MR) is 143 cm³/mol. The molecule has 0 aromatic carbocycles. The van der Waals surface area contributed by atoms with Crippen LogP contribution in [0, 0.1) is 11.8 Å². The number of hydrogen-bond donors (Lipinski definition) is 1. The van der Waals surface area contributed by atoms with E-state index in [-0.39, 0.29) is 11.3 Å². The summed E-state index contributed by atoms with van der Waals surface area (Å²) in [5, 5.41) is 9.80. The third kappa shape index (κ3) is 12.6. The maximum absolute atomic E-state index is 14.8. The minimum absolute atomic E-state index is 0.0883. The Morgan fingerprint density at radius 2 is 1.55 bits per heavy atom. The SMILES string of the molecule is C=CCOCC/C(=C/C(=C)C(=C)/C(F)=C\C(=C)C(=C)/C=C\C(=C)C(C)CCC(C)C)C(=C)O. The summed E-state index contributed by atoms with van der Waals surface area (Å²) in [5.74, 6) is 0.318. The Kier molecular flexibility index (Phi) is 14.4. The van der Waals surface area contributed by atoms with Gasteiger partial charge in [0.1, 0.15) is 11.6 Å². The van der Waals surface area contributed by atoms with Gasteiger partial charge in [-0.2, -0.15) is 0 Å². The molecule has 3 heteroatoms. The molecule has 1 unspecified atom stereocenters. The lowest BCUT2D eigenvalue weighted by Crippen LogP contribution is -1.99. The number of hydrogen-bond acceptors (Lipinski definition) is 2. The first-order chi connectivity index (χ1) is 15.4. The van der Waals surface area contributed by atoms with E-state index in [1.165, 1.54) is 6.08 Å². The van der Waals surface area contributed by atoms with Crippen LogP contribution >= 0.6 is 0 Å². The molecule has 33 heavy (non-hydrogen) atoms. The van der Waals surface area contributed by atoms with Crippen molar-refractivity contribution in [2.75, 3.05) is 13.2 Å². The molecule has 0 heterocycles. The maximum Gasteiger partial charge on any atom is 0.131 e. The molecule has 0 bridgehead atoms. The molecule has 0 aromatic heterocycles. The van der Waals surface area contributed by atoms with Crippen LogP contribution in [-0.4, -0.2) is 18.3 Å². The Hall–Kier alpha value is -2.91. The zero-order valence-electron chi connectivity index (χ0n) is 20.8. The van der Waals surface area contributed by atoms with Crippen molar-refractivity contribution in [1.29, 1.82) is 0 Å². The first-order valence-electron chi connectivity index (χ1n) is 11.2. The van der Waals surface area contributed by atoms with Gasteiger partial charge in [-0.3, -0.25) is 0 Å². The average Bonchev–Trinajstić information content (AvgIpc) is 2.76. The molecular weight excluding hydrogens is 411 g/mol. The Bertz CT molecular complexity index is 862. The lowest BCUT2D eigenvalue weighted by Gasteiger charge is -2.13. The second-order valence-corrected chi connectivity index (χ2v) is 8.56. The number of aliphatic hydroxyl groups is 1. The molecule has 0 aliphatic carbocycles. The first kappa shape index (κ1) is 30.1. The lowest BCUT2D eigenvalue weighted by atomic mass is 9.93. The van der Waals surface area contributed by atoms with E-state index in [1.54, 1.807) is 18.2 Å². The quantitative estimate of drug-likeness (QED) is 0.103. The van der Waals surface area contributed by atoms with Crippen LogP contribution in [0.4, 0.5) is 4.39 Å². The topological polar surface area (TPSA) is 29.5 Å². The highest BCUT2D eigenvalue weighted by Crippen LogP contribution is 2.25. The molecule has 1 N–H and O–H groups in total. The van der Waals surface area contributed by atoms with Crippen LogP contribution < -0.4 is 0 Å². The van der Waals surface area contributed by atoms with Crippen LogP contribution in [0.1, 0.15) is 40.0 Å². The van der Waals surface area contributed by atoms with Gasteiger partial charge in [-0.05, 0) is 59.1 Å². The zero-order valence-corrected chi connectivity index (χ0v) is 20.8. The van der Waals surface area contributed by atoms with E-state index >= 15 is 0 Å². The Balaban J connectivity index is 5.11. The number of ether oxygens (including phenoxy) is 1. The van der Waals surface area contributed by atoms with Crippen LogP contribution in [0.15, 0.2) is 121 Å². The van der Waals surface area contributed by atoms with Crippen molar-refractivity contribution in [3.05, 3.63) is 121 Å². The molecule has 0 rings (SSSR count). The van der Waals surface area contributed by atoms with E-state index < -0.39 is 5.83 Å². The molecule has 0 aliphatic rings. The molecule has 0 saturated carbocycles. The summed E-state index contributed by atoms with van der Waals surface area (Å²) in [5.41, 5.74) is 2.92. The monoisotopic (exact) mass is 452 g/mol. The van der Waals surface area contributed by atoms with Gasteiger partial charge in [0, 0.05) is 5.57 Å². The normalized spacial score (nSPS) is 13.1. The number of rotatable bonds is 17. The molecule has 0 fully saturated rings. The van der Waals surface area contributed by atoms with Crippen LogP contribution in [0.5, 0.6) is 0 Å². The smallest absolute Gasteiger partial charge is 0.131 e. The highest BCUT2D eigenvalue weighted by Gasteiger charge is 2.10. The molecule has 0 spiro atoms. The summed E-state index contributed by atoms with van der Waals surface area (Å²) in [6.07, 6.45) is 10.8. The van der Waals surface area contributed by atoms with Crippen LogP contribution in [0.2, 0.25) is 0 Å². The third-order valence-electron chi connectivity index (χ3n) is 5.17. The van der Waals surface area contributed by atoms with E-state index in [2.05, 4.69) is 66.8 Å². The fraction of sp³-hybridized carbons (Fsp3) is 0.333. The van der Waals surface area contributed by atoms with Crippen molar-refractivity contribution in [2.24, 2.45) is 11.8 Å². The molecule has 0 radical (unpaired) electrons. The van der Waals surface area contributed by atoms with Crippen LogP contribution in [-0.2, 0) is 4.74 Å². The van der Waals surface area contributed by atoms with Gasteiger partial charge in [0.25, 0.3) is 0 Å². The molecule has 1 atom stereocenters. The van der Waals surface area contributed by atoms with E-state index in [0.29, 0.717) is 53.8 Å². The summed E-state index contributed by atoms with van der Waals surface area (Å²) >= 11 is 0. The lowest BCUT2D eigenvalue weighted by molar-refractivity contribution is 0.165. The summed E-state index contributed by atoms with van der Waals surface area (Å²) in [6, 6.07) is 0. The van der Waals surface area contributed by atoms with E-state index in [4.69, 9.17) is 4.74 Å². The number of halogens is 1. The summed E-state index contributed by atoms with van der Waals surface area (Å²) in [4.78, 5) is 0. The zero-order chi connectivity index (χ0) is 25.6. The molecule has 180 valence electrons. The van der Waals surface area contributed by atoms with E-state index in [9.17, 15) is 9.50 Å². The van der Waals surface area contributed by atoms with Crippen molar-refractivity contribution in [2.45, 2.75) is 40.0 Å². The van der Waals surface area contributed by atoms with Gasteiger partial charge in [0.2, 0.25) is 0 Å². The molecule has 0 aromatic rings. The first-order valence-corrected chi connectivity index (χ1v) is 11.2. The molecular formula is C30H41FO2. The average molecular weight is 453 g/mol. The van der Waals surface area contributed by atoms with Crippen molar-refractivity contribution in [3.63, 3.8) is 0 Å². The van der Waals surface area contributed by atoms with Crippen molar-refractivity contribution in [3.8, 4) is 0 Å². The minimum Gasteiger partial charge on any atom is -0.508 e. The van der Waals surface area contributed by atoms with Crippen molar-refractivity contribution in [1.82, 2.24) is 0 Å². The van der Waals surface area contributed by atoms with E-state index in [0.717, 1.165) is 18.4 Å². The third-order valence-corrected chi connectivity index (χ3v) is 5.17. The van der Waals surface area contributed by atoms with Gasteiger partial charge < -0.3 is 9.84 Å². The minimum atomic E-state index is -0.578. The maximum atomic E-state index is 14.8. The summed E-state index contributed by atoms with van der Waals surface area (Å²) in [6.45, 7) is 34.1.